The molecule has 0 saturated carbocycles. The lowest BCUT2D eigenvalue weighted by atomic mass is 10.2. The third-order valence-electron chi connectivity index (χ3n) is 4.84. The van der Waals surface area contributed by atoms with Gasteiger partial charge in [-0.1, -0.05) is 42.5 Å². The van der Waals surface area contributed by atoms with Gasteiger partial charge >= 0.3 is 16.1 Å². The van der Waals surface area contributed by atoms with E-state index < -0.39 is 28.6 Å². The minimum atomic E-state index is -4.23. The lowest BCUT2D eigenvalue weighted by Gasteiger charge is -2.19. The van der Waals surface area contributed by atoms with Crippen molar-refractivity contribution in [1.82, 2.24) is 0 Å². The predicted molar refractivity (Wildman–Crippen MR) is 125 cm³/mol. The van der Waals surface area contributed by atoms with Crippen molar-refractivity contribution in [1.29, 1.82) is 5.26 Å². The number of para-hydroxylation sites is 2. The Labute approximate surface area is 198 Å². The third-order valence-corrected chi connectivity index (χ3v) is 6.22. The smallest absolute Gasteiger partial charge is 0.342 e. The van der Waals surface area contributed by atoms with E-state index in [4.69, 9.17) is 14.2 Å². The molecule has 1 amide bonds. The summed E-state index contributed by atoms with van der Waals surface area (Å²) in [6, 6.07) is 21.0. The number of hydrogen-bond acceptors (Lipinski definition) is 7. The van der Waals surface area contributed by atoms with Crippen molar-refractivity contribution >= 4 is 27.7 Å². The number of benzene rings is 3. The molecule has 174 valence electrons. The van der Waals surface area contributed by atoms with Gasteiger partial charge in [0, 0.05) is 5.69 Å². The molecule has 0 N–H and O–H groups in total. The van der Waals surface area contributed by atoms with Gasteiger partial charge in [-0.2, -0.15) is 13.7 Å². The van der Waals surface area contributed by atoms with E-state index in [0.717, 1.165) is 5.56 Å². The van der Waals surface area contributed by atoms with E-state index in [9.17, 15) is 18.0 Å². The lowest BCUT2D eigenvalue weighted by Crippen LogP contribution is -2.35. The highest BCUT2D eigenvalue weighted by Crippen LogP contribution is 2.26. The molecule has 0 radical (unpaired) electrons. The van der Waals surface area contributed by atoms with Crippen molar-refractivity contribution < 1.29 is 26.9 Å². The summed E-state index contributed by atoms with van der Waals surface area (Å²) in [6.07, 6.45) is 0. The minimum absolute atomic E-state index is 0.0131. The van der Waals surface area contributed by atoms with Crippen molar-refractivity contribution in [2.75, 3.05) is 18.1 Å². The Kier molecular flexibility index (Phi) is 7.66. The number of anilines is 1. The maximum atomic E-state index is 12.9. The molecule has 9 heteroatoms. The molecule has 0 atom stereocenters. The third kappa shape index (κ3) is 5.79. The Morgan fingerprint density at radius 3 is 2.35 bits per heavy atom. The van der Waals surface area contributed by atoms with Gasteiger partial charge in [0.1, 0.15) is 17.0 Å². The highest BCUT2D eigenvalue weighted by molar-refractivity contribution is 7.87. The van der Waals surface area contributed by atoms with E-state index in [1.807, 2.05) is 6.07 Å². The van der Waals surface area contributed by atoms with Crippen molar-refractivity contribution in [3.63, 3.8) is 0 Å². The zero-order chi connectivity index (χ0) is 24.7. The molecular weight excluding hydrogens is 456 g/mol. The summed E-state index contributed by atoms with van der Waals surface area (Å²) < 4.78 is 36.1. The second-order valence-corrected chi connectivity index (χ2v) is 8.87. The SMILES string of the molecule is Cc1ccc(C)c(S(=O)(=O)Oc2ccccc2C(=O)OCC(=O)N(CC#N)c2ccccc2)c1. The van der Waals surface area contributed by atoms with Gasteiger partial charge in [0.25, 0.3) is 5.91 Å². The molecule has 0 saturated heterocycles. The first kappa shape index (κ1) is 24.5. The number of carbonyl (C=O) groups is 2. The van der Waals surface area contributed by atoms with Gasteiger partial charge in [0.2, 0.25) is 0 Å². The predicted octanol–water partition coefficient (Wildman–Crippen LogP) is 3.78. The molecule has 8 nitrogen and oxygen atoms in total. The summed E-state index contributed by atoms with van der Waals surface area (Å²) >= 11 is 0. The fraction of sp³-hybridized carbons (Fsp3) is 0.160. The highest BCUT2D eigenvalue weighted by atomic mass is 32.2. The van der Waals surface area contributed by atoms with E-state index in [1.165, 1.54) is 35.2 Å². The van der Waals surface area contributed by atoms with E-state index in [1.54, 1.807) is 56.3 Å². The summed E-state index contributed by atoms with van der Waals surface area (Å²) in [4.78, 5) is 26.5. The molecule has 0 spiro atoms. The number of nitrogens with zero attached hydrogens (tertiary/aromatic N) is 2. The normalized spacial score (nSPS) is 10.7. The Balaban J connectivity index is 1.77. The van der Waals surface area contributed by atoms with Crippen molar-refractivity contribution in [2.45, 2.75) is 18.7 Å². The molecule has 0 unspecified atom stereocenters. The largest absolute Gasteiger partial charge is 0.452 e. The van der Waals surface area contributed by atoms with Gasteiger partial charge in [0.15, 0.2) is 12.4 Å². The van der Waals surface area contributed by atoms with Crippen molar-refractivity contribution in [2.24, 2.45) is 0 Å². The number of esters is 1. The van der Waals surface area contributed by atoms with E-state index in [-0.39, 0.29) is 22.8 Å². The highest BCUT2D eigenvalue weighted by Gasteiger charge is 2.24. The molecule has 0 bridgehead atoms. The van der Waals surface area contributed by atoms with Gasteiger partial charge in [-0.3, -0.25) is 9.69 Å². The first-order valence-corrected chi connectivity index (χ1v) is 11.6. The summed E-state index contributed by atoms with van der Waals surface area (Å²) in [5.41, 5.74) is 1.55. The number of ether oxygens (including phenoxy) is 1. The Morgan fingerprint density at radius 1 is 0.971 bits per heavy atom. The van der Waals surface area contributed by atoms with Crippen molar-refractivity contribution in [3.05, 3.63) is 89.5 Å². The van der Waals surface area contributed by atoms with Crippen LogP contribution in [-0.4, -0.2) is 33.4 Å². The van der Waals surface area contributed by atoms with E-state index >= 15 is 0 Å². The molecule has 0 fully saturated rings. The van der Waals surface area contributed by atoms with Crippen LogP contribution in [0.1, 0.15) is 21.5 Å². The van der Waals surface area contributed by atoms with Crippen LogP contribution in [0.25, 0.3) is 0 Å². The van der Waals surface area contributed by atoms with Crippen LogP contribution in [0.2, 0.25) is 0 Å². The van der Waals surface area contributed by atoms with Crippen LogP contribution in [0.15, 0.2) is 77.7 Å². The van der Waals surface area contributed by atoms with Crippen molar-refractivity contribution in [3.8, 4) is 11.8 Å². The average molecular weight is 479 g/mol. The van der Waals surface area contributed by atoms with Crippen LogP contribution >= 0.6 is 0 Å². The number of nitriles is 1. The van der Waals surface area contributed by atoms with Gasteiger partial charge < -0.3 is 8.92 Å². The Morgan fingerprint density at radius 2 is 1.65 bits per heavy atom. The van der Waals surface area contributed by atoms with Gasteiger partial charge in [-0.25, -0.2) is 4.79 Å². The van der Waals surface area contributed by atoms with E-state index in [2.05, 4.69) is 0 Å². The van der Waals surface area contributed by atoms with Crippen LogP contribution in [0.3, 0.4) is 0 Å². The monoisotopic (exact) mass is 478 g/mol. The number of rotatable bonds is 8. The fourth-order valence-corrected chi connectivity index (χ4v) is 4.40. The van der Waals surface area contributed by atoms with Gasteiger partial charge in [0.05, 0.1) is 6.07 Å². The average Bonchev–Trinajstić information content (AvgIpc) is 2.83. The van der Waals surface area contributed by atoms with Crippen LogP contribution < -0.4 is 9.08 Å². The molecule has 3 aromatic rings. The Hall–Kier alpha value is -4.16. The summed E-state index contributed by atoms with van der Waals surface area (Å²) in [5, 5.41) is 9.05. The number of amides is 1. The lowest BCUT2D eigenvalue weighted by molar-refractivity contribution is -0.121. The zero-order valence-corrected chi connectivity index (χ0v) is 19.4. The molecule has 3 aromatic carbocycles. The Bertz CT molecular complexity index is 1350. The molecule has 0 aliphatic heterocycles. The first-order chi connectivity index (χ1) is 16.2. The first-order valence-electron chi connectivity index (χ1n) is 10.2. The molecule has 0 aliphatic rings. The number of hydrogen-bond donors (Lipinski definition) is 0. The molecule has 0 aliphatic carbocycles. The standard InChI is InChI=1S/C25H22N2O6S/c1-18-12-13-19(2)23(16-18)34(30,31)33-22-11-7-6-10-21(22)25(29)32-17-24(28)27(15-14-26)20-8-4-3-5-9-20/h3-13,16H,15,17H2,1-2H3. The summed E-state index contributed by atoms with van der Waals surface area (Å²) in [6.45, 7) is 2.52. The topological polar surface area (TPSA) is 114 Å². The van der Waals surface area contributed by atoms with Crippen LogP contribution in [0.5, 0.6) is 5.75 Å². The second kappa shape index (κ2) is 10.6. The fourth-order valence-electron chi connectivity index (χ4n) is 3.13. The van der Waals surface area contributed by atoms with Crippen LogP contribution in [0, 0.1) is 25.2 Å². The maximum Gasteiger partial charge on any atom is 0.342 e. The molecule has 34 heavy (non-hydrogen) atoms. The van der Waals surface area contributed by atoms with Gasteiger partial charge in [-0.05, 0) is 55.3 Å². The quantitative estimate of drug-likeness (QED) is 0.275. The van der Waals surface area contributed by atoms with Crippen LogP contribution in [0.4, 0.5) is 5.69 Å². The second-order valence-electron chi connectivity index (χ2n) is 7.35. The zero-order valence-electron chi connectivity index (χ0n) is 18.6. The number of aryl methyl sites for hydroxylation is 2. The minimum Gasteiger partial charge on any atom is -0.452 e. The van der Waals surface area contributed by atoms with E-state index in [0.29, 0.717) is 11.3 Å². The molecule has 0 aromatic heterocycles. The summed E-state index contributed by atoms with van der Waals surface area (Å²) in [5.74, 6) is -1.77. The molecular formula is C25H22N2O6S. The van der Waals surface area contributed by atoms with Gasteiger partial charge in [-0.15, -0.1) is 0 Å². The molecule has 0 heterocycles. The number of carbonyl (C=O) groups excluding carboxylic acids is 2. The summed E-state index contributed by atoms with van der Waals surface area (Å²) in [7, 11) is -4.23. The maximum absolute atomic E-state index is 12.9. The van der Waals surface area contributed by atoms with Crippen LogP contribution in [-0.2, 0) is 19.6 Å². The molecule has 3 rings (SSSR count).